The summed E-state index contributed by atoms with van der Waals surface area (Å²) in [6.45, 7) is 4.05. The highest BCUT2D eigenvalue weighted by atomic mass is 32.2. The molecule has 5 nitrogen and oxygen atoms in total. The minimum Gasteiger partial charge on any atom is -0.508 e. The lowest BCUT2D eigenvalue weighted by molar-refractivity contribution is 0.238. The highest BCUT2D eigenvalue weighted by molar-refractivity contribution is 7.98. The number of aromatic amines is 1. The van der Waals surface area contributed by atoms with Gasteiger partial charge in [-0.05, 0) is 19.2 Å². The maximum absolute atomic E-state index is 12.2. The molecule has 0 saturated heterocycles. The summed E-state index contributed by atoms with van der Waals surface area (Å²) in [4.78, 5) is 21.7. The fourth-order valence-electron chi connectivity index (χ4n) is 2.77. The van der Waals surface area contributed by atoms with Crippen molar-refractivity contribution in [2.45, 2.75) is 31.6 Å². The molecule has 2 heterocycles. The summed E-state index contributed by atoms with van der Waals surface area (Å²) in [5.74, 6) is 0.307. The molecule has 1 aromatic heterocycles. The second-order valence-electron chi connectivity index (χ2n) is 5.59. The highest BCUT2D eigenvalue weighted by Crippen LogP contribution is 2.23. The van der Waals surface area contributed by atoms with Crippen molar-refractivity contribution in [3.63, 3.8) is 0 Å². The number of hydrogen-bond donors (Lipinski definition) is 2. The van der Waals surface area contributed by atoms with Gasteiger partial charge in [0.25, 0.3) is 5.56 Å². The Labute approximate surface area is 133 Å². The van der Waals surface area contributed by atoms with Crippen molar-refractivity contribution < 1.29 is 5.11 Å². The van der Waals surface area contributed by atoms with Gasteiger partial charge in [0, 0.05) is 31.6 Å². The molecule has 22 heavy (non-hydrogen) atoms. The fraction of sp³-hybridized carbons (Fsp3) is 0.375. The van der Waals surface area contributed by atoms with E-state index in [4.69, 9.17) is 0 Å². The molecule has 2 aromatic rings. The molecule has 0 aliphatic carbocycles. The second-order valence-corrected chi connectivity index (χ2v) is 6.39. The van der Waals surface area contributed by atoms with Crippen LogP contribution in [0.1, 0.15) is 22.4 Å². The fourth-order valence-corrected chi connectivity index (χ4v) is 3.17. The molecule has 0 spiro atoms. The molecule has 0 radical (unpaired) electrons. The third-order valence-electron chi connectivity index (χ3n) is 3.95. The summed E-state index contributed by atoms with van der Waals surface area (Å²) in [6, 6.07) is 5.61. The van der Waals surface area contributed by atoms with E-state index in [2.05, 4.69) is 14.9 Å². The van der Waals surface area contributed by atoms with Crippen LogP contribution in [0.2, 0.25) is 0 Å². The first-order valence-corrected chi connectivity index (χ1v) is 8.46. The predicted octanol–water partition coefficient (Wildman–Crippen LogP) is 2.06. The van der Waals surface area contributed by atoms with Gasteiger partial charge in [-0.25, -0.2) is 4.98 Å². The summed E-state index contributed by atoms with van der Waals surface area (Å²) < 4.78 is 0. The number of fused-ring (bicyclic) bond motifs is 1. The third-order valence-corrected chi connectivity index (χ3v) is 4.53. The van der Waals surface area contributed by atoms with Gasteiger partial charge in [-0.2, -0.15) is 0 Å². The topological polar surface area (TPSA) is 69.2 Å². The Bertz CT molecular complexity index is 758. The number of phenolic OH excluding ortho intramolecular Hbond substituents is 1. The van der Waals surface area contributed by atoms with Crippen molar-refractivity contribution >= 4 is 11.8 Å². The first-order chi connectivity index (χ1) is 10.6. The van der Waals surface area contributed by atoms with Crippen molar-refractivity contribution in [1.82, 2.24) is 14.9 Å². The summed E-state index contributed by atoms with van der Waals surface area (Å²) in [5.41, 5.74) is 3.62. The number of nitrogens with zero attached hydrogens (tertiary/aromatic N) is 2. The summed E-state index contributed by atoms with van der Waals surface area (Å²) in [5, 5.41) is 10.6. The van der Waals surface area contributed by atoms with Crippen molar-refractivity contribution in [2.75, 3.05) is 12.8 Å². The number of thioether (sulfide) groups is 1. The molecule has 1 aliphatic rings. The Balaban J connectivity index is 1.83. The molecular weight excluding hydrogens is 298 g/mol. The molecule has 0 fully saturated rings. The van der Waals surface area contributed by atoms with Crippen LogP contribution in [0.15, 0.2) is 28.2 Å². The highest BCUT2D eigenvalue weighted by Gasteiger charge is 2.21. The van der Waals surface area contributed by atoms with E-state index in [1.807, 2.05) is 25.3 Å². The number of nitrogens with one attached hydrogen (secondary N) is 1. The van der Waals surface area contributed by atoms with Gasteiger partial charge in [0.2, 0.25) is 0 Å². The number of aromatic hydroxyl groups is 1. The second kappa shape index (κ2) is 6.14. The van der Waals surface area contributed by atoms with Gasteiger partial charge in [-0.15, -0.1) is 0 Å². The average molecular weight is 317 g/mol. The molecule has 0 saturated carbocycles. The van der Waals surface area contributed by atoms with Gasteiger partial charge in [-0.3, -0.25) is 9.69 Å². The molecule has 0 atom stereocenters. The van der Waals surface area contributed by atoms with Crippen molar-refractivity contribution in [3.8, 4) is 5.75 Å². The maximum Gasteiger partial charge on any atom is 0.256 e. The van der Waals surface area contributed by atoms with Crippen LogP contribution in [-0.4, -0.2) is 32.8 Å². The van der Waals surface area contributed by atoms with Crippen LogP contribution >= 0.6 is 11.8 Å². The first-order valence-electron chi connectivity index (χ1n) is 7.23. The zero-order valence-electron chi connectivity index (χ0n) is 12.7. The molecule has 116 valence electrons. The van der Waals surface area contributed by atoms with Crippen LogP contribution in [0.25, 0.3) is 0 Å². The Morgan fingerprint density at radius 3 is 3.05 bits per heavy atom. The lowest BCUT2D eigenvalue weighted by atomic mass is 10.0. The standard InChI is InChI=1S/C16H19N3O2S/c1-10-3-4-14(20)11(7-10)8-19-6-5-13-12(9-19)15(21)18-16(17-13)22-2/h3-4,7,20H,5-6,8-9H2,1-2H3,(H,17,18,21). The van der Waals surface area contributed by atoms with Gasteiger partial charge in [0.15, 0.2) is 5.16 Å². The molecular formula is C16H19N3O2S. The molecule has 0 unspecified atom stereocenters. The number of rotatable bonds is 3. The van der Waals surface area contributed by atoms with Crippen LogP contribution in [0.4, 0.5) is 0 Å². The van der Waals surface area contributed by atoms with Crippen molar-refractivity contribution in [1.29, 1.82) is 0 Å². The Morgan fingerprint density at radius 2 is 2.27 bits per heavy atom. The lowest BCUT2D eigenvalue weighted by Gasteiger charge is -2.28. The number of aromatic nitrogens is 2. The van der Waals surface area contributed by atoms with Gasteiger partial charge in [0.05, 0.1) is 11.3 Å². The Kier molecular flexibility index (Phi) is 4.22. The maximum atomic E-state index is 12.2. The average Bonchev–Trinajstić information content (AvgIpc) is 2.51. The van der Waals surface area contributed by atoms with Gasteiger partial charge < -0.3 is 10.1 Å². The van der Waals surface area contributed by atoms with E-state index in [-0.39, 0.29) is 5.56 Å². The van der Waals surface area contributed by atoms with E-state index in [0.717, 1.165) is 35.3 Å². The van der Waals surface area contributed by atoms with Gasteiger partial charge >= 0.3 is 0 Å². The Hall–Kier alpha value is -1.79. The first kappa shape index (κ1) is 15.1. The SMILES string of the molecule is CSc1nc2c(c(=O)[nH]1)CN(Cc1cc(C)ccc1O)CC2. The van der Waals surface area contributed by atoms with Gasteiger partial charge in [0.1, 0.15) is 5.75 Å². The molecule has 1 aromatic carbocycles. The molecule has 0 bridgehead atoms. The molecule has 2 N–H and O–H groups in total. The van der Waals surface area contributed by atoms with Crippen LogP contribution in [-0.2, 0) is 19.5 Å². The van der Waals surface area contributed by atoms with Crippen molar-refractivity contribution in [2.24, 2.45) is 0 Å². The monoisotopic (exact) mass is 317 g/mol. The number of benzene rings is 1. The molecule has 0 amide bonds. The van der Waals surface area contributed by atoms with Crippen LogP contribution in [0, 0.1) is 6.92 Å². The van der Waals surface area contributed by atoms with Crippen LogP contribution in [0.3, 0.4) is 0 Å². The zero-order valence-corrected chi connectivity index (χ0v) is 13.5. The van der Waals surface area contributed by atoms with E-state index in [1.54, 1.807) is 6.07 Å². The van der Waals surface area contributed by atoms with E-state index in [1.165, 1.54) is 11.8 Å². The minimum absolute atomic E-state index is 0.0486. The van der Waals surface area contributed by atoms with E-state index < -0.39 is 0 Å². The van der Waals surface area contributed by atoms with E-state index in [0.29, 0.717) is 24.0 Å². The summed E-state index contributed by atoms with van der Waals surface area (Å²) >= 11 is 1.45. The number of hydrogen-bond acceptors (Lipinski definition) is 5. The smallest absolute Gasteiger partial charge is 0.256 e. The van der Waals surface area contributed by atoms with Crippen LogP contribution < -0.4 is 5.56 Å². The Morgan fingerprint density at radius 1 is 1.45 bits per heavy atom. The normalized spacial score (nSPS) is 14.8. The van der Waals surface area contributed by atoms with E-state index in [9.17, 15) is 9.90 Å². The summed E-state index contributed by atoms with van der Waals surface area (Å²) in [6.07, 6.45) is 2.67. The van der Waals surface area contributed by atoms with Crippen LogP contribution in [0.5, 0.6) is 5.75 Å². The van der Waals surface area contributed by atoms with Gasteiger partial charge in [-0.1, -0.05) is 29.5 Å². The summed E-state index contributed by atoms with van der Waals surface area (Å²) in [7, 11) is 0. The minimum atomic E-state index is -0.0486. The molecule has 3 rings (SSSR count). The number of aryl methyl sites for hydroxylation is 1. The quantitative estimate of drug-likeness (QED) is 0.670. The van der Waals surface area contributed by atoms with E-state index >= 15 is 0 Å². The predicted molar refractivity (Wildman–Crippen MR) is 87.3 cm³/mol. The zero-order chi connectivity index (χ0) is 15.7. The number of phenols is 1. The largest absolute Gasteiger partial charge is 0.508 e. The third kappa shape index (κ3) is 3.03. The lowest BCUT2D eigenvalue weighted by Crippen LogP contribution is -2.35. The molecule has 1 aliphatic heterocycles. The molecule has 6 heteroatoms. The van der Waals surface area contributed by atoms with Crippen molar-refractivity contribution in [3.05, 3.63) is 50.9 Å². The number of H-pyrrole nitrogens is 1.